The molecule has 8 nitrogen and oxygen atoms in total. The number of hydrogen-bond acceptors (Lipinski definition) is 6. The SMILES string of the molecule is Nc1cncc(-c2cnc3[nH]nc(-c4cc5c(-c6ccccn6)nccc5[nH]4)c3c2)c1. The van der Waals surface area contributed by atoms with Crippen molar-refractivity contribution in [2.24, 2.45) is 0 Å². The largest absolute Gasteiger partial charge is 0.397 e. The number of aromatic amines is 2. The standard InChI is InChI=1S/C23H16N8/c24-15-7-13(10-25-12-15)14-8-17-22(30-31-23(17)28-11-14)20-9-16-18(29-20)4-6-27-21(16)19-3-1-2-5-26-19/h1-12,29H,24H2,(H,28,30,31). The van der Waals surface area contributed by atoms with Crippen LogP contribution in [0.25, 0.3) is 55.8 Å². The molecule has 0 fully saturated rings. The van der Waals surface area contributed by atoms with E-state index in [1.54, 1.807) is 31.0 Å². The van der Waals surface area contributed by atoms with Crippen LogP contribution in [0.3, 0.4) is 0 Å². The molecule has 0 saturated carbocycles. The minimum atomic E-state index is 0.607. The fraction of sp³-hybridized carbons (Fsp3) is 0. The van der Waals surface area contributed by atoms with Crippen molar-refractivity contribution in [3.05, 3.63) is 73.4 Å². The van der Waals surface area contributed by atoms with Gasteiger partial charge in [0, 0.05) is 58.4 Å². The number of nitrogens with zero attached hydrogens (tertiary/aromatic N) is 5. The van der Waals surface area contributed by atoms with Crippen LogP contribution in [0, 0.1) is 0 Å². The summed E-state index contributed by atoms with van der Waals surface area (Å²) < 4.78 is 0. The van der Waals surface area contributed by atoms with Gasteiger partial charge < -0.3 is 10.7 Å². The van der Waals surface area contributed by atoms with Crippen molar-refractivity contribution < 1.29 is 0 Å². The Kier molecular flexibility index (Phi) is 3.76. The zero-order valence-corrected chi connectivity index (χ0v) is 16.2. The average molecular weight is 404 g/mol. The first-order chi connectivity index (χ1) is 15.3. The first-order valence-corrected chi connectivity index (χ1v) is 9.71. The van der Waals surface area contributed by atoms with Crippen LogP contribution < -0.4 is 5.73 Å². The number of anilines is 1. The minimum absolute atomic E-state index is 0.607. The van der Waals surface area contributed by atoms with E-state index < -0.39 is 0 Å². The van der Waals surface area contributed by atoms with E-state index in [9.17, 15) is 0 Å². The zero-order chi connectivity index (χ0) is 20.8. The van der Waals surface area contributed by atoms with E-state index >= 15 is 0 Å². The molecule has 0 aliphatic rings. The van der Waals surface area contributed by atoms with Crippen LogP contribution in [0.2, 0.25) is 0 Å². The highest BCUT2D eigenvalue weighted by Crippen LogP contribution is 2.33. The lowest BCUT2D eigenvalue weighted by atomic mass is 10.1. The van der Waals surface area contributed by atoms with Gasteiger partial charge in [0.05, 0.1) is 22.8 Å². The first-order valence-electron chi connectivity index (χ1n) is 9.71. The molecule has 0 saturated heterocycles. The molecule has 6 heterocycles. The lowest BCUT2D eigenvalue weighted by Crippen LogP contribution is -1.88. The Balaban J connectivity index is 1.51. The minimum Gasteiger partial charge on any atom is -0.397 e. The Morgan fingerprint density at radius 1 is 0.774 bits per heavy atom. The molecule has 0 unspecified atom stereocenters. The van der Waals surface area contributed by atoms with E-state index in [0.717, 1.165) is 50.2 Å². The van der Waals surface area contributed by atoms with Gasteiger partial charge in [0.2, 0.25) is 0 Å². The highest BCUT2D eigenvalue weighted by atomic mass is 15.2. The molecule has 0 aliphatic heterocycles. The van der Waals surface area contributed by atoms with Gasteiger partial charge in [-0.25, -0.2) is 4.98 Å². The second-order valence-corrected chi connectivity index (χ2v) is 7.22. The summed E-state index contributed by atoms with van der Waals surface area (Å²) in [4.78, 5) is 21.2. The highest BCUT2D eigenvalue weighted by molar-refractivity contribution is 5.99. The van der Waals surface area contributed by atoms with Crippen molar-refractivity contribution in [3.8, 4) is 33.9 Å². The van der Waals surface area contributed by atoms with Crippen LogP contribution in [0.5, 0.6) is 0 Å². The Morgan fingerprint density at radius 3 is 2.58 bits per heavy atom. The molecule has 148 valence electrons. The maximum Gasteiger partial charge on any atom is 0.155 e. The van der Waals surface area contributed by atoms with E-state index in [1.165, 1.54) is 0 Å². The van der Waals surface area contributed by atoms with Crippen LogP contribution >= 0.6 is 0 Å². The number of aromatic nitrogens is 7. The molecule has 31 heavy (non-hydrogen) atoms. The predicted octanol–water partition coefficient (Wildman–Crippen LogP) is 4.21. The predicted molar refractivity (Wildman–Crippen MR) is 120 cm³/mol. The van der Waals surface area contributed by atoms with E-state index in [1.807, 2.05) is 36.4 Å². The molecule has 6 aromatic heterocycles. The second kappa shape index (κ2) is 6.74. The lowest BCUT2D eigenvalue weighted by Gasteiger charge is -2.02. The van der Waals surface area contributed by atoms with E-state index in [4.69, 9.17) is 5.73 Å². The topological polar surface area (TPSA) is 122 Å². The van der Waals surface area contributed by atoms with Crippen LogP contribution in [-0.4, -0.2) is 35.1 Å². The summed E-state index contributed by atoms with van der Waals surface area (Å²) in [6, 6.07) is 13.7. The van der Waals surface area contributed by atoms with Crippen LogP contribution in [0.4, 0.5) is 5.69 Å². The Morgan fingerprint density at radius 2 is 1.71 bits per heavy atom. The normalized spacial score (nSPS) is 11.4. The molecule has 0 amide bonds. The van der Waals surface area contributed by atoms with Gasteiger partial charge >= 0.3 is 0 Å². The fourth-order valence-corrected chi connectivity index (χ4v) is 3.77. The number of fused-ring (bicyclic) bond motifs is 2. The van der Waals surface area contributed by atoms with Crippen molar-refractivity contribution in [2.45, 2.75) is 0 Å². The van der Waals surface area contributed by atoms with Gasteiger partial charge in [-0.15, -0.1) is 0 Å². The molecular formula is C23H16N8. The van der Waals surface area contributed by atoms with Crippen LogP contribution in [-0.2, 0) is 0 Å². The molecule has 0 aromatic carbocycles. The quantitative estimate of drug-likeness (QED) is 0.406. The second-order valence-electron chi connectivity index (χ2n) is 7.22. The van der Waals surface area contributed by atoms with Gasteiger partial charge in [-0.3, -0.25) is 20.1 Å². The number of pyridine rings is 4. The third-order valence-electron chi connectivity index (χ3n) is 5.22. The van der Waals surface area contributed by atoms with Gasteiger partial charge in [0.15, 0.2) is 5.65 Å². The van der Waals surface area contributed by atoms with Gasteiger partial charge in [0.1, 0.15) is 5.69 Å². The smallest absolute Gasteiger partial charge is 0.155 e. The number of nitrogens with one attached hydrogen (secondary N) is 2. The molecule has 0 bridgehead atoms. The fourth-order valence-electron chi connectivity index (χ4n) is 3.77. The van der Waals surface area contributed by atoms with Crippen molar-refractivity contribution in [1.82, 2.24) is 35.1 Å². The molecule has 0 aliphatic carbocycles. The van der Waals surface area contributed by atoms with Crippen LogP contribution in [0.15, 0.2) is 73.4 Å². The molecular weight excluding hydrogens is 388 g/mol. The third-order valence-corrected chi connectivity index (χ3v) is 5.22. The zero-order valence-electron chi connectivity index (χ0n) is 16.2. The first kappa shape index (κ1) is 17.3. The maximum atomic E-state index is 5.90. The summed E-state index contributed by atoms with van der Waals surface area (Å²) in [7, 11) is 0. The van der Waals surface area contributed by atoms with E-state index in [0.29, 0.717) is 11.3 Å². The number of nitrogens with two attached hydrogens (primary N) is 1. The van der Waals surface area contributed by atoms with Crippen molar-refractivity contribution in [3.63, 3.8) is 0 Å². The maximum absolute atomic E-state index is 5.90. The number of nitrogen functional groups attached to an aromatic ring is 1. The Labute approximate surface area is 176 Å². The highest BCUT2D eigenvalue weighted by Gasteiger charge is 2.16. The summed E-state index contributed by atoms with van der Waals surface area (Å²) in [5, 5.41) is 9.42. The third kappa shape index (κ3) is 2.89. The summed E-state index contributed by atoms with van der Waals surface area (Å²) in [5.74, 6) is 0. The average Bonchev–Trinajstić information content (AvgIpc) is 3.43. The van der Waals surface area contributed by atoms with Crippen LogP contribution in [0.1, 0.15) is 0 Å². The van der Waals surface area contributed by atoms with Gasteiger partial charge in [-0.05, 0) is 36.4 Å². The lowest BCUT2D eigenvalue weighted by molar-refractivity contribution is 1.10. The summed E-state index contributed by atoms with van der Waals surface area (Å²) in [5.41, 5.74) is 13.3. The summed E-state index contributed by atoms with van der Waals surface area (Å²) >= 11 is 0. The molecule has 0 radical (unpaired) electrons. The molecule has 6 rings (SSSR count). The Hall–Kier alpha value is -4.59. The summed E-state index contributed by atoms with van der Waals surface area (Å²) in [6.45, 7) is 0. The number of rotatable bonds is 3. The van der Waals surface area contributed by atoms with Crippen molar-refractivity contribution in [2.75, 3.05) is 5.73 Å². The monoisotopic (exact) mass is 404 g/mol. The van der Waals surface area contributed by atoms with Crippen molar-refractivity contribution >= 4 is 27.6 Å². The molecule has 6 aromatic rings. The van der Waals surface area contributed by atoms with Gasteiger partial charge in [-0.2, -0.15) is 5.10 Å². The van der Waals surface area contributed by atoms with E-state index in [-0.39, 0.29) is 0 Å². The molecule has 4 N–H and O–H groups in total. The van der Waals surface area contributed by atoms with Gasteiger partial charge in [0.25, 0.3) is 0 Å². The molecule has 0 atom stereocenters. The number of H-pyrrole nitrogens is 2. The molecule has 8 heteroatoms. The van der Waals surface area contributed by atoms with Crippen molar-refractivity contribution in [1.29, 1.82) is 0 Å². The number of hydrogen-bond donors (Lipinski definition) is 3. The molecule has 0 spiro atoms. The van der Waals surface area contributed by atoms with Gasteiger partial charge in [-0.1, -0.05) is 6.07 Å². The van der Waals surface area contributed by atoms with E-state index in [2.05, 4.69) is 41.2 Å². The summed E-state index contributed by atoms with van der Waals surface area (Å²) in [6.07, 6.45) is 8.73. The Bertz CT molecular complexity index is 1550.